The molecule has 2 rings (SSSR count). The molecular weight excluding hydrogens is 248 g/mol. The monoisotopic (exact) mass is 267 g/mol. The molecule has 0 aliphatic rings. The van der Waals surface area contributed by atoms with Crippen molar-refractivity contribution >= 4 is 11.0 Å². The van der Waals surface area contributed by atoms with E-state index in [1.165, 1.54) is 6.07 Å². The summed E-state index contributed by atoms with van der Waals surface area (Å²) in [4.78, 5) is 4.08. The third-order valence-corrected chi connectivity index (χ3v) is 2.89. The number of hydrogen-bond donors (Lipinski definition) is 1. The summed E-state index contributed by atoms with van der Waals surface area (Å²) in [6, 6.07) is 2.34. The second-order valence-electron chi connectivity index (χ2n) is 5.72. The minimum Gasteiger partial charge on any atom is -0.330 e. The molecule has 1 aromatic carbocycles. The number of nitrogens with one attached hydrogen (secondary N) is 1. The fourth-order valence-corrected chi connectivity index (χ4v) is 1.94. The van der Waals surface area contributed by atoms with E-state index >= 15 is 0 Å². The molecule has 0 saturated heterocycles. The first-order valence-corrected chi connectivity index (χ1v) is 6.42. The molecule has 2 aromatic rings. The second-order valence-corrected chi connectivity index (χ2v) is 5.72. The van der Waals surface area contributed by atoms with Crippen LogP contribution in [0.25, 0.3) is 11.0 Å². The molecule has 0 saturated carbocycles. The van der Waals surface area contributed by atoms with Gasteiger partial charge in [0.05, 0.1) is 17.4 Å². The molecule has 0 unspecified atom stereocenters. The van der Waals surface area contributed by atoms with Crippen LogP contribution in [0.2, 0.25) is 0 Å². The Morgan fingerprint density at radius 2 is 1.89 bits per heavy atom. The van der Waals surface area contributed by atoms with E-state index in [1.54, 1.807) is 6.33 Å². The highest BCUT2D eigenvalue weighted by atomic mass is 19.2. The molecule has 104 valence electrons. The number of rotatable bonds is 4. The van der Waals surface area contributed by atoms with Gasteiger partial charge in [0.1, 0.15) is 0 Å². The summed E-state index contributed by atoms with van der Waals surface area (Å²) in [7, 11) is 0. The molecule has 0 spiro atoms. The van der Waals surface area contributed by atoms with Gasteiger partial charge in [-0.2, -0.15) is 0 Å². The van der Waals surface area contributed by atoms with Gasteiger partial charge < -0.3 is 9.88 Å². The number of benzene rings is 1. The van der Waals surface area contributed by atoms with E-state index in [4.69, 9.17) is 0 Å². The summed E-state index contributed by atoms with van der Waals surface area (Å²) < 4.78 is 28.1. The van der Waals surface area contributed by atoms with Crippen LogP contribution in [0.5, 0.6) is 0 Å². The SMILES string of the molecule is CC(C)(C)NCCCn1cnc2cc(F)c(F)cc21. The van der Waals surface area contributed by atoms with Gasteiger partial charge in [-0.15, -0.1) is 0 Å². The lowest BCUT2D eigenvalue weighted by molar-refractivity contribution is 0.414. The minimum absolute atomic E-state index is 0.0895. The van der Waals surface area contributed by atoms with Gasteiger partial charge in [-0.05, 0) is 33.7 Å². The Kier molecular flexibility index (Phi) is 3.85. The molecule has 1 heterocycles. The van der Waals surface area contributed by atoms with Crippen molar-refractivity contribution in [1.29, 1.82) is 0 Å². The van der Waals surface area contributed by atoms with Gasteiger partial charge in [0.25, 0.3) is 0 Å². The summed E-state index contributed by atoms with van der Waals surface area (Å²) in [5.74, 6) is -1.69. The zero-order valence-corrected chi connectivity index (χ0v) is 11.5. The molecule has 0 aliphatic heterocycles. The van der Waals surface area contributed by atoms with Crippen LogP contribution in [0.4, 0.5) is 8.78 Å². The average Bonchev–Trinajstić information content (AvgIpc) is 2.67. The van der Waals surface area contributed by atoms with Crippen LogP contribution in [-0.2, 0) is 6.54 Å². The number of hydrogen-bond acceptors (Lipinski definition) is 2. The highest BCUT2D eigenvalue weighted by Crippen LogP contribution is 2.17. The quantitative estimate of drug-likeness (QED) is 0.863. The van der Waals surface area contributed by atoms with Gasteiger partial charge in [-0.25, -0.2) is 13.8 Å². The van der Waals surface area contributed by atoms with Crippen molar-refractivity contribution in [3.63, 3.8) is 0 Å². The summed E-state index contributed by atoms with van der Waals surface area (Å²) in [6.45, 7) is 7.92. The predicted molar refractivity (Wildman–Crippen MR) is 72.0 cm³/mol. The van der Waals surface area contributed by atoms with Crippen LogP contribution in [-0.4, -0.2) is 21.6 Å². The van der Waals surface area contributed by atoms with Crippen LogP contribution < -0.4 is 5.32 Å². The molecule has 19 heavy (non-hydrogen) atoms. The van der Waals surface area contributed by atoms with Gasteiger partial charge in [0.15, 0.2) is 11.6 Å². The summed E-state index contributed by atoms with van der Waals surface area (Å²) in [6.07, 6.45) is 2.53. The fourth-order valence-electron chi connectivity index (χ4n) is 1.94. The maximum Gasteiger partial charge on any atom is 0.161 e. The van der Waals surface area contributed by atoms with Crippen molar-refractivity contribution in [3.8, 4) is 0 Å². The van der Waals surface area contributed by atoms with E-state index in [-0.39, 0.29) is 5.54 Å². The first kappa shape index (κ1) is 13.9. The molecule has 0 bridgehead atoms. The Morgan fingerprint density at radius 3 is 2.58 bits per heavy atom. The average molecular weight is 267 g/mol. The molecule has 0 fully saturated rings. The largest absolute Gasteiger partial charge is 0.330 e. The number of nitrogens with zero attached hydrogens (tertiary/aromatic N) is 2. The zero-order chi connectivity index (χ0) is 14.0. The number of imidazole rings is 1. The van der Waals surface area contributed by atoms with Crippen molar-refractivity contribution in [3.05, 3.63) is 30.1 Å². The third kappa shape index (κ3) is 3.50. The molecule has 3 nitrogen and oxygen atoms in total. The zero-order valence-electron chi connectivity index (χ0n) is 11.5. The van der Waals surface area contributed by atoms with Gasteiger partial charge in [0, 0.05) is 24.2 Å². The van der Waals surface area contributed by atoms with E-state index in [0.29, 0.717) is 11.0 Å². The summed E-state index contributed by atoms with van der Waals surface area (Å²) >= 11 is 0. The van der Waals surface area contributed by atoms with Gasteiger partial charge in [0.2, 0.25) is 0 Å². The molecule has 0 amide bonds. The molecule has 0 atom stereocenters. The van der Waals surface area contributed by atoms with Crippen LogP contribution in [0.1, 0.15) is 27.2 Å². The Labute approximate surface area is 111 Å². The lowest BCUT2D eigenvalue weighted by Gasteiger charge is -2.20. The second kappa shape index (κ2) is 5.25. The van der Waals surface area contributed by atoms with Crippen molar-refractivity contribution in [2.24, 2.45) is 0 Å². The molecule has 0 radical (unpaired) electrons. The van der Waals surface area contributed by atoms with E-state index in [2.05, 4.69) is 31.1 Å². The maximum absolute atomic E-state index is 13.2. The molecule has 1 N–H and O–H groups in total. The van der Waals surface area contributed by atoms with Crippen molar-refractivity contribution in [1.82, 2.24) is 14.9 Å². The lowest BCUT2D eigenvalue weighted by atomic mass is 10.1. The predicted octanol–water partition coefficient (Wildman–Crippen LogP) is 3.09. The van der Waals surface area contributed by atoms with Gasteiger partial charge in [-0.3, -0.25) is 0 Å². The van der Waals surface area contributed by atoms with Crippen molar-refractivity contribution < 1.29 is 8.78 Å². The molecule has 0 aliphatic carbocycles. The van der Waals surface area contributed by atoms with Crippen LogP contribution in [0.15, 0.2) is 18.5 Å². The van der Waals surface area contributed by atoms with Gasteiger partial charge >= 0.3 is 0 Å². The van der Waals surface area contributed by atoms with Crippen LogP contribution >= 0.6 is 0 Å². The number of fused-ring (bicyclic) bond motifs is 1. The van der Waals surface area contributed by atoms with Crippen LogP contribution in [0.3, 0.4) is 0 Å². The Hall–Kier alpha value is -1.49. The molecule has 5 heteroatoms. The smallest absolute Gasteiger partial charge is 0.161 e. The molecular formula is C14H19F2N3. The van der Waals surface area contributed by atoms with Gasteiger partial charge in [-0.1, -0.05) is 0 Å². The van der Waals surface area contributed by atoms with E-state index < -0.39 is 11.6 Å². The highest BCUT2D eigenvalue weighted by molar-refractivity contribution is 5.75. The van der Waals surface area contributed by atoms with E-state index in [1.807, 2.05) is 4.57 Å². The fraction of sp³-hybridized carbons (Fsp3) is 0.500. The van der Waals surface area contributed by atoms with Crippen molar-refractivity contribution in [2.45, 2.75) is 39.3 Å². The number of aromatic nitrogens is 2. The van der Waals surface area contributed by atoms with E-state index in [9.17, 15) is 8.78 Å². The van der Waals surface area contributed by atoms with Crippen LogP contribution in [0, 0.1) is 11.6 Å². The first-order valence-electron chi connectivity index (χ1n) is 6.42. The topological polar surface area (TPSA) is 29.9 Å². The number of aryl methyl sites for hydroxylation is 1. The first-order chi connectivity index (χ1) is 8.87. The third-order valence-electron chi connectivity index (χ3n) is 2.89. The number of halogens is 2. The molecule has 1 aromatic heterocycles. The minimum atomic E-state index is -0.854. The Balaban J connectivity index is 2.03. The normalized spacial score (nSPS) is 12.3. The van der Waals surface area contributed by atoms with Crippen molar-refractivity contribution in [2.75, 3.05) is 6.54 Å². The highest BCUT2D eigenvalue weighted by Gasteiger charge is 2.10. The maximum atomic E-state index is 13.2. The van der Waals surface area contributed by atoms with E-state index in [0.717, 1.165) is 25.6 Å². The standard InChI is InChI=1S/C14H19F2N3/c1-14(2,3)18-5-4-6-19-9-17-12-7-10(15)11(16)8-13(12)19/h7-9,18H,4-6H2,1-3H3. The lowest BCUT2D eigenvalue weighted by Crippen LogP contribution is -2.36. The summed E-state index contributed by atoms with van der Waals surface area (Å²) in [5.41, 5.74) is 1.21. The Bertz CT molecular complexity index is 570. The summed E-state index contributed by atoms with van der Waals surface area (Å²) in [5, 5.41) is 3.39. The Morgan fingerprint density at radius 1 is 1.21 bits per heavy atom.